The first kappa shape index (κ1) is 33.0. The van der Waals surface area contributed by atoms with E-state index in [0.717, 1.165) is 0 Å². The number of nitrogens with two attached hydrogens (primary N) is 1. The summed E-state index contributed by atoms with van der Waals surface area (Å²) in [4.78, 5) is 64.8. The molecule has 0 aliphatic heterocycles. The molecule has 2 rings (SSSR count). The van der Waals surface area contributed by atoms with Gasteiger partial charge in [-0.3, -0.25) is 19.2 Å². The van der Waals surface area contributed by atoms with Crippen molar-refractivity contribution in [1.82, 2.24) is 21.3 Å². The highest BCUT2D eigenvalue weighted by Crippen LogP contribution is 2.27. The number of ether oxygens (including phenoxy) is 1. The van der Waals surface area contributed by atoms with E-state index in [-0.39, 0.29) is 37.9 Å². The third-order valence-electron chi connectivity index (χ3n) is 5.94. The number of benzene rings is 2. The lowest BCUT2D eigenvalue weighted by Gasteiger charge is -2.19. The minimum atomic E-state index is -1.09. The molecule has 0 fully saturated rings. The van der Waals surface area contributed by atoms with Crippen LogP contribution in [0.4, 0.5) is 0 Å². The summed E-state index contributed by atoms with van der Waals surface area (Å²) in [6, 6.07) is 9.62. The number of esters is 1. The third kappa shape index (κ3) is 9.77. The lowest BCUT2D eigenvalue weighted by atomic mass is 9.95. The monoisotopic (exact) mass is 578 g/mol. The number of hydrogen-bond acceptors (Lipinski definition) is 8. The first-order valence-electron chi connectivity index (χ1n) is 13.0. The SMILES string of the molecule is CNC(=O)c1ccc(C(=O)NCCN)c(-c2cccc(/C=C/C(=O)N[C@@H](CCN=[N+]=[N-])C(=O)N[C@@H](C)C(=O)OC)c2)c1. The van der Waals surface area contributed by atoms with Gasteiger partial charge in [-0.1, -0.05) is 23.3 Å². The van der Waals surface area contributed by atoms with Crippen molar-refractivity contribution < 1.29 is 28.7 Å². The van der Waals surface area contributed by atoms with Crippen molar-refractivity contribution in [1.29, 1.82) is 0 Å². The van der Waals surface area contributed by atoms with E-state index in [2.05, 4.69) is 36.0 Å². The van der Waals surface area contributed by atoms with Crippen LogP contribution in [0.2, 0.25) is 0 Å². The van der Waals surface area contributed by atoms with Crippen molar-refractivity contribution >= 4 is 35.7 Å². The number of azide groups is 1. The van der Waals surface area contributed by atoms with Crippen LogP contribution in [-0.2, 0) is 19.1 Å². The molecule has 0 heterocycles. The average molecular weight is 579 g/mol. The van der Waals surface area contributed by atoms with Crippen LogP contribution in [0.1, 0.15) is 39.6 Å². The fourth-order valence-corrected chi connectivity index (χ4v) is 3.80. The van der Waals surface area contributed by atoms with Crippen LogP contribution in [0.15, 0.2) is 53.7 Å². The first-order chi connectivity index (χ1) is 20.1. The smallest absolute Gasteiger partial charge is 0.328 e. The molecule has 0 bridgehead atoms. The van der Waals surface area contributed by atoms with E-state index in [1.54, 1.807) is 42.5 Å². The lowest BCUT2D eigenvalue weighted by Crippen LogP contribution is -2.51. The van der Waals surface area contributed by atoms with E-state index in [1.165, 1.54) is 33.2 Å². The summed E-state index contributed by atoms with van der Waals surface area (Å²) in [6.07, 6.45) is 2.72. The molecular formula is C28H34N8O6. The average Bonchev–Trinajstić information content (AvgIpc) is 3.01. The van der Waals surface area contributed by atoms with E-state index in [1.807, 2.05) is 0 Å². The molecular weight excluding hydrogens is 544 g/mol. The lowest BCUT2D eigenvalue weighted by molar-refractivity contribution is -0.144. The molecule has 0 radical (unpaired) electrons. The number of hydrogen-bond donors (Lipinski definition) is 5. The Bertz CT molecular complexity index is 1390. The first-order valence-corrected chi connectivity index (χ1v) is 13.0. The van der Waals surface area contributed by atoms with Gasteiger partial charge in [0.25, 0.3) is 11.8 Å². The van der Waals surface area contributed by atoms with Gasteiger partial charge in [-0.2, -0.15) is 0 Å². The Morgan fingerprint density at radius 3 is 2.52 bits per heavy atom. The van der Waals surface area contributed by atoms with Gasteiger partial charge in [0.15, 0.2) is 0 Å². The minimum absolute atomic E-state index is 0.00444. The van der Waals surface area contributed by atoms with Gasteiger partial charge in [0, 0.05) is 48.8 Å². The van der Waals surface area contributed by atoms with Crippen molar-refractivity contribution in [3.05, 3.63) is 75.7 Å². The Morgan fingerprint density at radius 1 is 1.10 bits per heavy atom. The highest BCUT2D eigenvalue weighted by Gasteiger charge is 2.24. The van der Waals surface area contributed by atoms with Crippen LogP contribution < -0.4 is 27.0 Å². The van der Waals surface area contributed by atoms with E-state index in [0.29, 0.717) is 27.8 Å². The summed E-state index contributed by atoms with van der Waals surface area (Å²) in [5, 5.41) is 13.7. The molecule has 0 aliphatic carbocycles. The number of amides is 4. The molecule has 4 amide bonds. The highest BCUT2D eigenvalue weighted by molar-refractivity contribution is 6.04. The Balaban J connectivity index is 2.30. The summed E-state index contributed by atoms with van der Waals surface area (Å²) in [7, 11) is 2.69. The maximum atomic E-state index is 12.8. The molecule has 0 aromatic heterocycles. The summed E-state index contributed by atoms with van der Waals surface area (Å²) >= 11 is 0. The van der Waals surface area contributed by atoms with Crippen molar-refractivity contribution in [3.8, 4) is 11.1 Å². The van der Waals surface area contributed by atoms with Crippen LogP contribution in [0.5, 0.6) is 0 Å². The number of nitrogens with one attached hydrogen (secondary N) is 4. The van der Waals surface area contributed by atoms with E-state index >= 15 is 0 Å². The summed E-state index contributed by atoms with van der Waals surface area (Å²) in [5.41, 5.74) is 16.5. The molecule has 6 N–H and O–H groups in total. The van der Waals surface area contributed by atoms with Crippen molar-refractivity contribution in [3.63, 3.8) is 0 Å². The molecule has 14 nitrogen and oxygen atoms in total. The quantitative estimate of drug-likeness (QED) is 0.0726. The van der Waals surface area contributed by atoms with Crippen LogP contribution >= 0.6 is 0 Å². The zero-order chi connectivity index (χ0) is 31.1. The molecule has 0 aliphatic rings. The van der Waals surface area contributed by atoms with Crippen molar-refractivity contribution in [2.45, 2.75) is 25.4 Å². The normalized spacial score (nSPS) is 11.9. The van der Waals surface area contributed by atoms with Crippen LogP contribution in [0.3, 0.4) is 0 Å². The molecule has 0 saturated carbocycles. The maximum Gasteiger partial charge on any atom is 0.328 e. The fraction of sp³-hybridized carbons (Fsp3) is 0.321. The van der Waals surface area contributed by atoms with Gasteiger partial charge in [0.1, 0.15) is 12.1 Å². The molecule has 222 valence electrons. The van der Waals surface area contributed by atoms with Gasteiger partial charge < -0.3 is 31.7 Å². The Labute approximate surface area is 242 Å². The predicted octanol–water partition coefficient (Wildman–Crippen LogP) is 1.28. The van der Waals surface area contributed by atoms with Crippen LogP contribution in [-0.4, -0.2) is 75.5 Å². The van der Waals surface area contributed by atoms with Gasteiger partial charge >= 0.3 is 5.97 Å². The molecule has 2 aromatic rings. The third-order valence-corrected chi connectivity index (χ3v) is 5.94. The number of carbonyl (C=O) groups is 5. The van der Waals surface area contributed by atoms with Crippen molar-refractivity contribution in [2.24, 2.45) is 10.8 Å². The number of rotatable bonds is 14. The van der Waals surface area contributed by atoms with Gasteiger partial charge in [-0.15, -0.1) is 0 Å². The van der Waals surface area contributed by atoms with Gasteiger partial charge in [0.05, 0.1) is 7.11 Å². The molecule has 2 atom stereocenters. The van der Waals surface area contributed by atoms with Crippen LogP contribution in [0, 0.1) is 0 Å². The van der Waals surface area contributed by atoms with Gasteiger partial charge in [0.2, 0.25) is 11.8 Å². The van der Waals surface area contributed by atoms with E-state index in [9.17, 15) is 24.0 Å². The molecule has 0 spiro atoms. The summed E-state index contributed by atoms with van der Waals surface area (Å²) in [5.74, 6) is -2.61. The van der Waals surface area contributed by atoms with Crippen LogP contribution in [0.25, 0.3) is 27.6 Å². The highest BCUT2D eigenvalue weighted by atomic mass is 16.5. The second-order valence-corrected chi connectivity index (χ2v) is 8.90. The molecule has 42 heavy (non-hydrogen) atoms. The second kappa shape index (κ2) is 16.8. The zero-order valence-electron chi connectivity index (χ0n) is 23.5. The molecule has 2 aromatic carbocycles. The fourth-order valence-electron chi connectivity index (χ4n) is 3.80. The Morgan fingerprint density at radius 2 is 1.86 bits per heavy atom. The summed E-state index contributed by atoms with van der Waals surface area (Å²) in [6.45, 7) is 1.90. The largest absolute Gasteiger partial charge is 0.467 e. The molecule has 14 heteroatoms. The number of methoxy groups -OCH3 is 1. The van der Waals surface area contributed by atoms with Gasteiger partial charge in [-0.05, 0) is 65.9 Å². The van der Waals surface area contributed by atoms with Gasteiger partial charge in [-0.25, -0.2) is 4.79 Å². The predicted molar refractivity (Wildman–Crippen MR) is 156 cm³/mol. The Kier molecular flexibility index (Phi) is 13.2. The molecule has 0 saturated heterocycles. The Hall–Kier alpha value is -5.20. The van der Waals surface area contributed by atoms with E-state index in [4.69, 9.17) is 11.3 Å². The second-order valence-electron chi connectivity index (χ2n) is 8.90. The summed E-state index contributed by atoms with van der Waals surface area (Å²) < 4.78 is 4.60. The number of nitrogens with zero attached hydrogens (tertiary/aromatic N) is 3. The topological polar surface area (TPSA) is 217 Å². The standard InChI is InChI=1S/C28H34N8O6/c1-17(28(41)42-3)34-27(40)23(11-13-33-36-30)35-24(37)10-7-18-5-4-6-19(15-18)22-16-20(25(38)31-2)8-9-21(22)26(39)32-14-12-29/h4-10,15-17,23H,11-14,29H2,1-3H3,(H,31,38)(H,32,39)(H,34,40)(H,35,37)/b10-7+/t17-,23-/m0/s1. The molecule has 0 unspecified atom stereocenters. The van der Waals surface area contributed by atoms with E-state index < -0.39 is 29.9 Å². The minimum Gasteiger partial charge on any atom is -0.467 e. The maximum absolute atomic E-state index is 12.8. The zero-order valence-corrected chi connectivity index (χ0v) is 23.5. The number of carbonyl (C=O) groups excluding carboxylic acids is 5. The van der Waals surface area contributed by atoms with Crippen molar-refractivity contribution in [2.75, 3.05) is 33.8 Å².